The summed E-state index contributed by atoms with van der Waals surface area (Å²) in [5.41, 5.74) is 4.71. The fourth-order valence-electron chi connectivity index (χ4n) is 3.06. The molecule has 0 saturated carbocycles. The van der Waals surface area contributed by atoms with E-state index < -0.39 is 0 Å². The van der Waals surface area contributed by atoms with E-state index in [4.69, 9.17) is 9.26 Å². The van der Waals surface area contributed by atoms with Crippen molar-refractivity contribution in [2.24, 2.45) is 0 Å². The lowest BCUT2D eigenvalue weighted by atomic mass is 10.1. The van der Waals surface area contributed by atoms with E-state index in [2.05, 4.69) is 20.0 Å². The van der Waals surface area contributed by atoms with Gasteiger partial charge in [0.15, 0.2) is 5.16 Å². The summed E-state index contributed by atoms with van der Waals surface area (Å²) in [4.78, 5) is 17.1. The number of amides is 1. The van der Waals surface area contributed by atoms with E-state index >= 15 is 0 Å². The van der Waals surface area contributed by atoms with Crippen molar-refractivity contribution in [2.45, 2.75) is 18.6 Å². The number of para-hydroxylation sites is 2. The van der Waals surface area contributed by atoms with Gasteiger partial charge in [0.1, 0.15) is 5.69 Å². The van der Waals surface area contributed by atoms with Crippen molar-refractivity contribution in [3.8, 4) is 11.3 Å². The molecule has 1 N–H and O–H groups in total. The Hall–Kier alpha value is -3.10. The van der Waals surface area contributed by atoms with Crippen LogP contribution in [0.2, 0.25) is 0 Å². The summed E-state index contributed by atoms with van der Waals surface area (Å²) in [6, 6.07) is 17.6. The highest BCUT2D eigenvalue weighted by molar-refractivity contribution is 7.99. The lowest BCUT2D eigenvalue weighted by Crippen LogP contribution is -2.14. The van der Waals surface area contributed by atoms with Crippen LogP contribution in [0.4, 0.5) is 5.88 Å². The molecule has 2 aromatic carbocycles. The number of thioether (sulfide) groups is 1. The predicted molar refractivity (Wildman–Crippen MR) is 118 cm³/mol. The van der Waals surface area contributed by atoms with E-state index in [0.29, 0.717) is 24.7 Å². The number of rotatable bonds is 8. The quantitative estimate of drug-likeness (QED) is 0.425. The number of methoxy groups -OCH3 is 1. The maximum absolute atomic E-state index is 12.4. The van der Waals surface area contributed by atoms with Crippen LogP contribution in [-0.4, -0.2) is 40.1 Å². The maximum Gasteiger partial charge on any atom is 0.237 e. The third kappa shape index (κ3) is 4.55. The maximum atomic E-state index is 12.4. The predicted octanol–water partition coefficient (Wildman–Crippen LogP) is 4.38. The lowest BCUT2D eigenvalue weighted by molar-refractivity contribution is -0.113. The fourth-order valence-corrected chi connectivity index (χ4v) is 3.90. The Balaban J connectivity index is 1.41. The second-order valence-electron chi connectivity index (χ2n) is 6.81. The van der Waals surface area contributed by atoms with Crippen LogP contribution in [0.15, 0.2) is 64.3 Å². The van der Waals surface area contributed by atoms with E-state index in [9.17, 15) is 4.79 Å². The van der Waals surface area contributed by atoms with Crippen molar-refractivity contribution in [1.82, 2.24) is 14.7 Å². The van der Waals surface area contributed by atoms with Gasteiger partial charge in [-0.2, -0.15) is 0 Å². The van der Waals surface area contributed by atoms with Crippen LogP contribution >= 0.6 is 11.8 Å². The number of nitrogens with one attached hydrogen (secondary N) is 1. The molecule has 0 aliphatic heterocycles. The molecule has 2 aromatic heterocycles. The van der Waals surface area contributed by atoms with Gasteiger partial charge in [-0.15, -0.1) is 0 Å². The summed E-state index contributed by atoms with van der Waals surface area (Å²) in [5.74, 6) is 0.345. The Bertz CT molecular complexity index is 1150. The molecule has 0 radical (unpaired) electrons. The van der Waals surface area contributed by atoms with Gasteiger partial charge in [-0.25, -0.2) is 4.98 Å². The number of carbonyl (C=O) groups is 1. The number of benzene rings is 2. The second-order valence-corrected chi connectivity index (χ2v) is 7.75. The molecule has 0 unspecified atom stereocenters. The van der Waals surface area contributed by atoms with Gasteiger partial charge >= 0.3 is 0 Å². The number of aryl methyl sites for hydroxylation is 1. The molecule has 7 nitrogen and oxygen atoms in total. The number of aromatic nitrogens is 3. The number of fused-ring (bicyclic) bond motifs is 1. The van der Waals surface area contributed by atoms with Gasteiger partial charge in [-0.05, 0) is 19.1 Å². The number of ether oxygens (including phenoxy) is 1. The average molecular weight is 423 g/mol. The zero-order chi connectivity index (χ0) is 20.9. The topological polar surface area (TPSA) is 82.2 Å². The highest BCUT2D eigenvalue weighted by Crippen LogP contribution is 2.25. The van der Waals surface area contributed by atoms with Crippen LogP contribution in [-0.2, 0) is 16.1 Å². The van der Waals surface area contributed by atoms with E-state index in [-0.39, 0.29) is 11.7 Å². The molecule has 0 aliphatic carbocycles. The van der Waals surface area contributed by atoms with Crippen molar-refractivity contribution in [3.05, 3.63) is 60.2 Å². The van der Waals surface area contributed by atoms with Gasteiger partial charge in [-0.3, -0.25) is 10.1 Å². The molecule has 1 amide bonds. The fraction of sp³-hybridized carbons (Fsp3) is 0.227. The van der Waals surface area contributed by atoms with E-state index in [1.807, 2.05) is 55.5 Å². The summed E-state index contributed by atoms with van der Waals surface area (Å²) in [6.07, 6.45) is 0. The highest BCUT2D eigenvalue weighted by Gasteiger charge is 2.14. The lowest BCUT2D eigenvalue weighted by Gasteiger charge is -2.08. The Kier molecular flexibility index (Phi) is 6.15. The third-order valence-electron chi connectivity index (χ3n) is 4.59. The first-order valence-corrected chi connectivity index (χ1v) is 10.5. The standard InChI is InChI=1S/C22H22N4O3S/c1-15-7-9-16(10-8-15)18-13-21(29-25-18)24-20(27)14-30-22-23-17-5-3-4-6-19(17)26(22)11-12-28-2/h3-10,13H,11-12,14H2,1-2H3,(H,24,27). The minimum atomic E-state index is -0.183. The van der Waals surface area contributed by atoms with E-state index in [1.54, 1.807) is 13.2 Å². The van der Waals surface area contributed by atoms with Crippen LogP contribution in [0.3, 0.4) is 0 Å². The van der Waals surface area contributed by atoms with Crippen molar-refractivity contribution in [3.63, 3.8) is 0 Å². The Morgan fingerprint density at radius 1 is 1.20 bits per heavy atom. The average Bonchev–Trinajstić information content (AvgIpc) is 3.35. The summed E-state index contributed by atoms with van der Waals surface area (Å²) < 4.78 is 12.6. The molecule has 0 atom stereocenters. The zero-order valence-electron chi connectivity index (χ0n) is 16.8. The molecule has 0 saturated heterocycles. The zero-order valence-corrected chi connectivity index (χ0v) is 17.6. The molecule has 0 bridgehead atoms. The minimum Gasteiger partial charge on any atom is -0.383 e. The summed E-state index contributed by atoms with van der Waals surface area (Å²) in [7, 11) is 1.67. The summed E-state index contributed by atoms with van der Waals surface area (Å²) in [6.45, 7) is 3.27. The number of hydrogen-bond acceptors (Lipinski definition) is 6. The van der Waals surface area contributed by atoms with Crippen molar-refractivity contribution < 1.29 is 14.1 Å². The molecule has 0 fully saturated rings. The Labute approximate surface area is 178 Å². The number of imidazole rings is 1. The van der Waals surface area contributed by atoms with Crippen LogP contribution in [0, 0.1) is 6.92 Å². The van der Waals surface area contributed by atoms with Gasteiger partial charge in [0.2, 0.25) is 11.8 Å². The van der Waals surface area contributed by atoms with Gasteiger partial charge < -0.3 is 13.8 Å². The summed E-state index contributed by atoms with van der Waals surface area (Å²) >= 11 is 1.38. The van der Waals surface area contributed by atoms with E-state index in [0.717, 1.165) is 21.8 Å². The normalized spacial score (nSPS) is 11.1. The second kappa shape index (κ2) is 9.15. The van der Waals surface area contributed by atoms with Crippen LogP contribution in [0.1, 0.15) is 5.56 Å². The molecule has 154 valence electrons. The first kappa shape index (κ1) is 20.2. The van der Waals surface area contributed by atoms with Crippen molar-refractivity contribution in [1.29, 1.82) is 0 Å². The molecule has 30 heavy (non-hydrogen) atoms. The van der Waals surface area contributed by atoms with Gasteiger partial charge in [-0.1, -0.05) is 58.9 Å². The van der Waals surface area contributed by atoms with Crippen LogP contribution in [0.25, 0.3) is 22.3 Å². The summed E-state index contributed by atoms with van der Waals surface area (Å²) in [5, 5.41) is 7.58. The number of nitrogens with zero attached hydrogens (tertiary/aromatic N) is 3. The molecule has 0 aliphatic rings. The smallest absolute Gasteiger partial charge is 0.237 e. The molecule has 0 spiro atoms. The van der Waals surface area contributed by atoms with Crippen LogP contribution in [0.5, 0.6) is 0 Å². The largest absolute Gasteiger partial charge is 0.383 e. The minimum absolute atomic E-state index is 0.183. The number of carbonyl (C=O) groups excluding carboxylic acids is 1. The molecule has 4 rings (SSSR count). The number of hydrogen-bond donors (Lipinski definition) is 1. The van der Waals surface area contributed by atoms with Gasteiger partial charge in [0.25, 0.3) is 0 Å². The first-order chi connectivity index (χ1) is 14.6. The molecule has 2 heterocycles. The Morgan fingerprint density at radius 3 is 2.80 bits per heavy atom. The SMILES string of the molecule is COCCn1c(SCC(=O)Nc2cc(-c3ccc(C)cc3)no2)nc2ccccc21. The molecule has 4 aromatic rings. The molecular formula is C22H22N4O3S. The van der Waals surface area contributed by atoms with Gasteiger partial charge in [0.05, 0.1) is 23.4 Å². The molecule has 8 heteroatoms. The molecular weight excluding hydrogens is 400 g/mol. The third-order valence-corrected chi connectivity index (χ3v) is 5.57. The highest BCUT2D eigenvalue weighted by atomic mass is 32.2. The van der Waals surface area contributed by atoms with Crippen LogP contribution < -0.4 is 5.32 Å². The van der Waals surface area contributed by atoms with Crippen molar-refractivity contribution in [2.75, 3.05) is 24.8 Å². The van der Waals surface area contributed by atoms with E-state index in [1.165, 1.54) is 17.3 Å². The first-order valence-electron chi connectivity index (χ1n) is 9.54. The van der Waals surface area contributed by atoms with Crippen molar-refractivity contribution >= 4 is 34.6 Å². The van der Waals surface area contributed by atoms with Gasteiger partial charge in [0, 0.05) is 25.3 Å². The monoisotopic (exact) mass is 422 g/mol. The Morgan fingerprint density at radius 2 is 2.00 bits per heavy atom. The number of anilines is 1.